The van der Waals surface area contributed by atoms with Crippen molar-refractivity contribution in [3.63, 3.8) is 0 Å². The number of carbonyl (C=O) groups is 2. The first-order valence-corrected chi connectivity index (χ1v) is 6.31. The van der Waals surface area contributed by atoms with Gasteiger partial charge in [-0.2, -0.15) is 0 Å². The largest absolute Gasteiger partial charge is 0.440 e. The summed E-state index contributed by atoms with van der Waals surface area (Å²) in [6.45, 7) is 2.03. The molecule has 0 saturated carbocycles. The van der Waals surface area contributed by atoms with Crippen LogP contribution in [-0.2, 0) is 9.53 Å². The zero-order valence-corrected chi connectivity index (χ0v) is 11.4. The van der Waals surface area contributed by atoms with Gasteiger partial charge in [0.2, 0.25) is 5.91 Å². The molecular formula is C12H15ClN2O4. The van der Waals surface area contributed by atoms with E-state index < -0.39 is 0 Å². The number of methoxy groups -OCH3 is 1. The monoisotopic (exact) mass is 286 g/mol. The maximum absolute atomic E-state index is 12.1. The molecule has 0 aromatic carbocycles. The molecule has 0 radical (unpaired) electrons. The Labute approximate surface area is 115 Å². The van der Waals surface area contributed by atoms with Crippen molar-refractivity contribution in [1.29, 1.82) is 0 Å². The van der Waals surface area contributed by atoms with Crippen molar-refractivity contribution in [1.82, 2.24) is 9.80 Å². The summed E-state index contributed by atoms with van der Waals surface area (Å²) < 4.78 is 9.89. The lowest BCUT2D eigenvalue weighted by molar-refractivity contribution is -0.136. The van der Waals surface area contributed by atoms with E-state index in [0.717, 1.165) is 0 Å². The van der Waals surface area contributed by atoms with Crippen LogP contribution in [0.1, 0.15) is 10.6 Å². The highest BCUT2D eigenvalue weighted by Gasteiger charge is 2.26. The first kappa shape index (κ1) is 13.9. The first-order chi connectivity index (χ1) is 9.11. The molecule has 0 unspecified atom stereocenters. The number of halogens is 1. The van der Waals surface area contributed by atoms with Crippen LogP contribution >= 0.6 is 11.6 Å². The van der Waals surface area contributed by atoms with Crippen LogP contribution in [0.3, 0.4) is 0 Å². The van der Waals surface area contributed by atoms with Crippen molar-refractivity contribution in [2.75, 3.05) is 39.9 Å². The summed E-state index contributed by atoms with van der Waals surface area (Å²) in [5.41, 5.74) is 0. The number of nitrogens with zero attached hydrogens (tertiary/aromatic N) is 2. The Bertz CT molecular complexity index is 466. The van der Waals surface area contributed by atoms with Crippen molar-refractivity contribution < 1.29 is 18.7 Å². The molecular weight excluding hydrogens is 272 g/mol. The Balaban J connectivity index is 1.89. The minimum Gasteiger partial charge on any atom is -0.440 e. The Morgan fingerprint density at radius 1 is 1.26 bits per heavy atom. The second-order valence-electron chi connectivity index (χ2n) is 4.21. The molecule has 6 nitrogen and oxygen atoms in total. The van der Waals surface area contributed by atoms with Gasteiger partial charge in [0.25, 0.3) is 5.91 Å². The summed E-state index contributed by atoms with van der Waals surface area (Å²) >= 11 is 5.64. The standard InChI is InChI=1S/C12H15ClN2O4/c1-18-8-11(16)14-4-6-15(7-5-14)12(17)9-2-3-10(13)19-9/h2-3H,4-8H2,1H3. The molecule has 1 aromatic heterocycles. The van der Waals surface area contributed by atoms with E-state index in [1.165, 1.54) is 13.2 Å². The van der Waals surface area contributed by atoms with Crippen molar-refractivity contribution >= 4 is 23.4 Å². The summed E-state index contributed by atoms with van der Waals surface area (Å²) in [5.74, 6) is -0.0388. The van der Waals surface area contributed by atoms with E-state index in [-0.39, 0.29) is 29.4 Å². The van der Waals surface area contributed by atoms with Gasteiger partial charge in [-0.05, 0) is 23.7 Å². The highest BCUT2D eigenvalue weighted by atomic mass is 35.5. The average Bonchev–Trinajstić information content (AvgIpc) is 2.85. The highest BCUT2D eigenvalue weighted by molar-refractivity contribution is 6.29. The predicted octanol–water partition coefficient (Wildman–Crippen LogP) is 0.864. The molecule has 0 spiro atoms. The molecule has 2 heterocycles. The van der Waals surface area contributed by atoms with E-state index >= 15 is 0 Å². The second-order valence-corrected chi connectivity index (χ2v) is 4.58. The SMILES string of the molecule is COCC(=O)N1CCN(C(=O)c2ccc(Cl)o2)CC1. The number of rotatable bonds is 3. The van der Waals surface area contributed by atoms with Gasteiger partial charge in [0, 0.05) is 33.3 Å². The van der Waals surface area contributed by atoms with Gasteiger partial charge in [0.05, 0.1) is 0 Å². The van der Waals surface area contributed by atoms with Crippen LogP contribution in [0.15, 0.2) is 16.5 Å². The van der Waals surface area contributed by atoms with Gasteiger partial charge in [0.1, 0.15) is 6.61 Å². The Hall–Kier alpha value is -1.53. The van der Waals surface area contributed by atoms with Crippen molar-refractivity contribution in [2.45, 2.75) is 0 Å². The summed E-state index contributed by atoms with van der Waals surface area (Å²) in [5, 5.41) is 0.192. The molecule has 2 amide bonds. The molecule has 7 heteroatoms. The average molecular weight is 287 g/mol. The van der Waals surface area contributed by atoms with E-state index in [1.54, 1.807) is 15.9 Å². The van der Waals surface area contributed by atoms with Crippen LogP contribution < -0.4 is 0 Å². The van der Waals surface area contributed by atoms with Gasteiger partial charge in [-0.3, -0.25) is 9.59 Å². The maximum Gasteiger partial charge on any atom is 0.289 e. The lowest BCUT2D eigenvalue weighted by Crippen LogP contribution is -2.51. The molecule has 1 aliphatic rings. The third-order valence-corrected chi connectivity index (χ3v) is 3.17. The quantitative estimate of drug-likeness (QED) is 0.827. The lowest BCUT2D eigenvalue weighted by atomic mass is 10.3. The van der Waals surface area contributed by atoms with Crippen LogP contribution in [0.25, 0.3) is 0 Å². The number of piperazine rings is 1. The fourth-order valence-electron chi connectivity index (χ4n) is 1.96. The van der Waals surface area contributed by atoms with Crippen LogP contribution in [-0.4, -0.2) is 61.5 Å². The highest BCUT2D eigenvalue weighted by Crippen LogP contribution is 2.16. The minimum atomic E-state index is -0.203. The van der Waals surface area contributed by atoms with Gasteiger partial charge >= 0.3 is 0 Å². The summed E-state index contributed by atoms with van der Waals surface area (Å²) in [4.78, 5) is 27.0. The number of ether oxygens (including phenoxy) is 1. The maximum atomic E-state index is 12.1. The van der Waals surface area contributed by atoms with Gasteiger partial charge in [-0.25, -0.2) is 0 Å². The normalized spacial score (nSPS) is 15.7. The third-order valence-electron chi connectivity index (χ3n) is 2.97. The van der Waals surface area contributed by atoms with Crippen LogP contribution in [0.5, 0.6) is 0 Å². The van der Waals surface area contributed by atoms with E-state index in [0.29, 0.717) is 26.2 Å². The van der Waals surface area contributed by atoms with Crippen LogP contribution in [0.2, 0.25) is 5.22 Å². The van der Waals surface area contributed by atoms with Gasteiger partial charge in [-0.1, -0.05) is 0 Å². The Morgan fingerprint density at radius 3 is 2.42 bits per heavy atom. The fraction of sp³-hybridized carbons (Fsp3) is 0.500. The topological polar surface area (TPSA) is 63.0 Å². The molecule has 1 aliphatic heterocycles. The van der Waals surface area contributed by atoms with Crippen molar-refractivity contribution in [3.05, 3.63) is 23.1 Å². The Morgan fingerprint density at radius 2 is 1.89 bits per heavy atom. The van der Waals surface area contributed by atoms with Gasteiger partial charge < -0.3 is 19.0 Å². The number of carbonyl (C=O) groups excluding carboxylic acids is 2. The molecule has 1 fully saturated rings. The Kier molecular flexibility index (Phi) is 4.44. The molecule has 2 rings (SSSR count). The summed E-state index contributed by atoms with van der Waals surface area (Å²) in [7, 11) is 1.48. The third kappa shape index (κ3) is 3.27. The lowest BCUT2D eigenvalue weighted by Gasteiger charge is -2.34. The molecule has 0 aliphatic carbocycles. The molecule has 104 valence electrons. The zero-order chi connectivity index (χ0) is 13.8. The number of hydrogen-bond acceptors (Lipinski definition) is 4. The fourth-order valence-corrected chi connectivity index (χ4v) is 2.10. The predicted molar refractivity (Wildman–Crippen MR) is 68.1 cm³/mol. The summed E-state index contributed by atoms with van der Waals surface area (Å²) in [6.07, 6.45) is 0. The smallest absolute Gasteiger partial charge is 0.289 e. The van der Waals surface area contributed by atoms with Gasteiger partial charge in [0.15, 0.2) is 11.0 Å². The van der Waals surface area contributed by atoms with E-state index in [9.17, 15) is 9.59 Å². The van der Waals surface area contributed by atoms with Crippen molar-refractivity contribution in [2.24, 2.45) is 0 Å². The van der Waals surface area contributed by atoms with E-state index in [2.05, 4.69) is 0 Å². The van der Waals surface area contributed by atoms with Crippen LogP contribution in [0.4, 0.5) is 0 Å². The second kappa shape index (κ2) is 6.08. The molecule has 0 bridgehead atoms. The van der Waals surface area contributed by atoms with Gasteiger partial charge in [-0.15, -0.1) is 0 Å². The molecule has 0 atom stereocenters. The van der Waals surface area contributed by atoms with E-state index in [1.807, 2.05) is 0 Å². The molecule has 1 aromatic rings. The number of hydrogen-bond donors (Lipinski definition) is 0. The zero-order valence-electron chi connectivity index (χ0n) is 10.6. The van der Waals surface area contributed by atoms with Crippen molar-refractivity contribution in [3.8, 4) is 0 Å². The molecule has 19 heavy (non-hydrogen) atoms. The summed E-state index contributed by atoms with van der Waals surface area (Å²) in [6, 6.07) is 3.08. The minimum absolute atomic E-state index is 0.0596. The molecule has 1 saturated heterocycles. The van der Waals surface area contributed by atoms with Crippen LogP contribution in [0, 0.1) is 0 Å². The van der Waals surface area contributed by atoms with E-state index in [4.69, 9.17) is 20.8 Å². The number of amides is 2. The first-order valence-electron chi connectivity index (χ1n) is 5.93. The number of furan rings is 1. The molecule has 0 N–H and O–H groups in total.